The Labute approximate surface area is 205 Å². The van der Waals surface area contributed by atoms with Gasteiger partial charge in [0.1, 0.15) is 0 Å². The Kier molecular flexibility index (Phi) is 11.2. The summed E-state index contributed by atoms with van der Waals surface area (Å²) in [6.45, 7) is 17.1. The molecule has 0 radical (unpaired) electrons. The lowest BCUT2D eigenvalue weighted by molar-refractivity contribution is -0.384. The highest BCUT2D eigenvalue weighted by Gasteiger charge is 2.11. The summed E-state index contributed by atoms with van der Waals surface area (Å²) < 4.78 is 1.95. The molecule has 1 aromatic heterocycles. The number of rotatable bonds is 4. The Morgan fingerprint density at radius 2 is 1.29 bits per heavy atom. The van der Waals surface area contributed by atoms with Crippen molar-refractivity contribution in [1.82, 2.24) is 9.78 Å². The minimum Gasteiger partial charge on any atom is -0.272 e. The number of hydrogen-bond acceptors (Lipinski definition) is 3. The van der Waals surface area contributed by atoms with Crippen LogP contribution in [-0.4, -0.2) is 14.7 Å². The summed E-state index contributed by atoms with van der Waals surface area (Å²) in [4.78, 5) is 9.90. The summed E-state index contributed by atoms with van der Waals surface area (Å²) in [5.41, 5.74) is 7.42. The Morgan fingerprint density at radius 3 is 1.56 bits per heavy atom. The van der Waals surface area contributed by atoms with Gasteiger partial charge in [0.25, 0.3) is 5.69 Å². The van der Waals surface area contributed by atoms with Gasteiger partial charge in [-0.15, -0.1) is 6.42 Å². The van der Waals surface area contributed by atoms with Crippen molar-refractivity contribution in [3.63, 3.8) is 0 Å². The zero-order valence-electron chi connectivity index (χ0n) is 22.1. The average molecular weight is 462 g/mol. The molecule has 0 aliphatic carbocycles. The molecule has 0 unspecified atom stereocenters. The van der Waals surface area contributed by atoms with Gasteiger partial charge in [-0.1, -0.05) is 71.7 Å². The molecule has 2 aromatic carbocycles. The fourth-order valence-corrected chi connectivity index (χ4v) is 3.57. The maximum atomic E-state index is 10.3. The van der Waals surface area contributed by atoms with Gasteiger partial charge in [0.15, 0.2) is 0 Å². The fraction of sp³-hybridized carbons (Fsp3) is 0.414. The summed E-state index contributed by atoms with van der Waals surface area (Å²) in [7, 11) is 1.99. The van der Waals surface area contributed by atoms with Crippen LogP contribution in [0.4, 0.5) is 5.69 Å². The van der Waals surface area contributed by atoms with E-state index in [9.17, 15) is 10.1 Å². The van der Waals surface area contributed by atoms with E-state index in [1.807, 2.05) is 23.9 Å². The molecule has 182 valence electrons. The number of aromatic nitrogens is 2. The standard InChI is InChI=1S/C11H12.C9H16N2.C9H11NO2/c1-4-10-5-7-11(8-6-10)9(2)3;1-6(2)9-7(3)10-11(5)8(9)4;1-7(2)8-3-5-9(6-4-8)10(11)12/h1,5-9H,2-3H3;6H,1-5H3;3-7H,1-2H3. The average Bonchev–Trinajstić information content (AvgIpc) is 3.05. The number of nitro groups is 1. The first-order valence-electron chi connectivity index (χ1n) is 11.7. The van der Waals surface area contributed by atoms with Crippen molar-refractivity contribution < 1.29 is 4.92 Å². The van der Waals surface area contributed by atoms with Gasteiger partial charge in [0.05, 0.1) is 10.6 Å². The number of aryl methyl sites for hydroxylation is 2. The Hall–Kier alpha value is -3.39. The fourth-order valence-electron chi connectivity index (χ4n) is 3.57. The van der Waals surface area contributed by atoms with Crippen LogP contribution in [0.5, 0.6) is 0 Å². The highest BCUT2D eigenvalue weighted by atomic mass is 16.6. The van der Waals surface area contributed by atoms with E-state index in [4.69, 9.17) is 6.42 Å². The van der Waals surface area contributed by atoms with Crippen molar-refractivity contribution in [3.05, 3.63) is 92.3 Å². The van der Waals surface area contributed by atoms with Gasteiger partial charge >= 0.3 is 0 Å². The second-order valence-corrected chi connectivity index (χ2v) is 9.29. The molecule has 1 heterocycles. The predicted octanol–water partition coefficient (Wildman–Crippen LogP) is 7.67. The van der Waals surface area contributed by atoms with Crippen LogP contribution in [0.3, 0.4) is 0 Å². The van der Waals surface area contributed by atoms with Gasteiger partial charge in [-0.2, -0.15) is 5.10 Å². The van der Waals surface area contributed by atoms with Gasteiger partial charge in [0, 0.05) is 30.4 Å². The van der Waals surface area contributed by atoms with E-state index < -0.39 is 0 Å². The second kappa shape index (κ2) is 13.3. The summed E-state index contributed by atoms with van der Waals surface area (Å²) in [6.07, 6.45) is 5.23. The first-order chi connectivity index (χ1) is 15.9. The topological polar surface area (TPSA) is 61.0 Å². The molecule has 3 rings (SSSR count). The van der Waals surface area contributed by atoms with Gasteiger partial charge in [0.2, 0.25) is 0 Å². The van der Waals surface area contributed by atoms with E-state index in [1.54, 1.807) is 12.1 Å². The lowest BCUT2D eigenvalue weighted by Crippen LogP contribution is -1.94. The third-order valence-corrected chi connectivity index (χ3v) is 5.66. The zero-order valence-corrected chi connectivity index (χ0v) is 22.1. The second-order valence-electron chi connectivity index (χ2n) is 9.29. The molecule has 0 bridgehead atoms. The lowest BCUT2D eigenvalue weighted by atomic mass is 10.0. The van der Waals surface area contributed by atoms with Gasteiger partial charge in [-0.25, -0.2) is 0 Å². The smallest absolute Gasteiger partial charge is 0.269 e. The molecule has 0 saturated carbocycles. The molecule has 0 amide bonds. The van der Waals surface area contributed by atoms with E-state index in [2.05, 4.69) is 78.5 Å². The van der Waals surface area contributed by atoms with Crippen molar-refractivity contribution in [2.24, 2.45) is 7.05 Å². The van der Waals surface area contributed by atoms with Crippen LogP contribution in [0.1, 0.15) is 92.9 Å². The van der Waals surface area contributed by atoms with E-state index >= 15 is 0 Å². The van der Waals surface area contributed by atoms with Crippen LogP contribution in [-0.2, 0) is 7.05 Å². The van der Waals surface area contributed by atoms with E-state index in [1.165, 1.54) is 34.6 Å². The molecule has 3 aromatic rings. The molecule has 0 N–H and O–H groups in total. The van der Waals surface area contributed by atoms with Crippen LogP contribution in [0.2, 0.25) is 0 Å². The molecule has 0 aliphatic rings. The van der Waals surface area contributed by atoms with Crippen LogP contribution in [0.25, 0.3) is 0 Å². The van der Waals surface area contributed by atoms with Crippen molar-refractivity contribution in [3.8, 4) is 12.3 Å². The van der Waals surface area contributed by atoms with Crippen LogP contribution in [0.15, 0.2) is 48.5 Å². The third-order valence-electron chi connectivity index (χ3n) is 5.66. The number of nitrogens with zero attached hydrogens (tertiary/aromatic N) is 3. The highest BCUT2D eigenvalue weighted by molar-refractivity contribution is 5.35. The van der Waals surface area contributed by atoms with Crippen molar-refractivity contribution in [2.75, 3.05) is 0 Å². The van der Waals surface area contributed by atoms with Gasteiger partial charge in [-0.05, 0) is 60.4 Å². The molecule has 5 nitrogen and oxygen atoms in total. The first kappa shape index (κ1) is 28.6. The zero-order chi connectivity index (χ0) is 26.0. The number of nitro benzene ring substituents is 1. The summed E-state index contributed by atoms with van der Waals surface area (Å²) in [5, 5.41) is 14.6. The number of non-ortho nitro benzene ring substituents is 1. The minimum absolute atomic E-state index is 0.152. The van der Waals surface area contributed by atoms with Crippen molar-refractivity contribution in [1.29, 1.82) is 0 Å². The molecule has 0 atom stereocenters. The van der Waals surface area contributed by atoms with Gasteiger partial charge in [-0.3, -0.25) is 14.8 Å². The number of terminal acetylenes is 1. The SMILES string of the molecule is C#Cc1ccc(C(C)C)cc1.CC(C)c1ccc([N+](=O)[O-])cc1.Cc1nn(C)c(C)c1C(C)C. The maximum absolute atomic E-state index is 10.3. The normalized spacial score (nSPS) is 10.3. The summed E-state index contributed by atoms with van der Waals surface area (Å²) >= 11 is 0. The minimum atomic E-state index is -0.385. The largest absolute Gasteiger partial charge is 0.272 e. The molecule has 0 aliphatic heterocycles. The maximum Gasteiger partial charge on any atom is 0.269 e. The number of benzene rings is 2. The molecule has 34 heavy (non-hydrogen) atoms. The Bertz CT molecular complexity index is 1080. The summed E-state index contributed by atoms with van der Waals surface area (Å²) in [6, 6.07) is 14.8. The molecular formula is C29H39N3O2. The van der Waals surface area contributed by atoms with Crippen LogP contribution in [0, 0.1) is 36.3 Å². The predicted molar refractivity (Wildman–Crippen MR) is 142 cm³/mol. The van der Waals surface area contributed by atoms with E-state index in [0.29, 0.717) is 17.8 Å². The Balaban J connectivity index is 0.000000255. The van der Waals surface area contributed by atoms with E-state index in [-0.39, 0.29) is 10.6 Å². The molecular weight excluding hydrogens is 422 g/mol. The van der Waals surface area contributed by atoms with E-state index in [0.717, 1.165) is 11.1 Å². The Morgan fingerprint density at radius 1 is 0.853 bits per heavy atom. The van der Waals surface area contributed by atoms with Crippen molar-refractivity contribution in [2.45, 2.75) is 73.1 Å². The highest BCUT2D eigenvalue weighted by Crippen LogP contribution is 2.21. The monoisotopic (exact) mass is 461 g/mol. The van der Waals surface area contributed by atoms with Crippen LogP contribution < -0.4 is 0 Å². The quantitative estimate of drug-likeness (QED) is 0.227. The molecule has 0 saturated heterocycles. The van der Waals surface area contributed by atoms with Crippen LogP contribution >= 0.6 is 0 Å². The number of hydrogen-bond donors (Lipinski definition) is 0. The molecule has 0 spiro atoms. The van der Waals surface area contributed by atoms with Crippen molar-refractivity contribution >= 4 is 5.69 Å². The molecule has 5 heteroatoms. The first-order valence-corrected chi connectivity index (χ1v) is 11.7. The lowest BCUT2D eigenvalue weighted by Gasteiger charge is -2.04. The third kappa shape index (κ3) is 8.51. The summed E-state index contributed by atoms with van der Waals surface area (Å²) in [5.74, 6) is 4.19. The molecule has 0 fully saturated rings. The van der Waals surface area contributed by atoms with Gasteiger partial charge < -0.3 is 0 Å².